The third kappa shape index (κ3) is 4.68. The number of aldehydes is 1. The molecule has 1 rings (SSSR count). The van der Waals surface area contributed by atoms with Gasteiger partial charge in [-0.25, -0.2) is 0 Å². The van der Waals surface area contributed by atoms with Gasteiger partial charge in [0.1, 0.15) is 6.29 Å². The van der Waals surface area contributed by atoms with Crippen molar-refractivity contribution in [1.29, 1.82) is 0 Å². The van der Waals surface area contributed by atoms with Crippen LogP contribution >= 0.6 is 11.8 Å². The van der Waals surface area contributed by atoms with Crippen LogP contribution in [0.4, 0.5) is 0 Å². The van der Waals surface area contributed by atoms with Crippen molar-refractivity contribution in [3.8, 4) is 0 Å². The van der Waals surface area contributed by atoms with Gasteiger partial charge < -0.3 is 15.0 Å². The summed E-state index contributed by atoms with van der Waals surface area (Å²) < 4.78 is 0. The lowest BCUT2D eigenvalue weighted by Crippen LogP contribution is -2.41. The molecule has 5 heteroatoms. The van der Waals surface area contributed by atoms with E-state index in [4.69, 9.17) is 0 Å². The molecule has 1 amide bonds. The highest BCUT2D eigenvalue weighted by atomic mass is 32.2. The number of amides is 1. The SMILES string of the molecule is CN(C)C1CC(CCCCC=O)SC1NC=O. The third-order valence-electron chi connectivity index (χ3n) is 3.19. The van der Waals surface area contributed by atoms with Crippen LogP contribution < -0.4 is 5.32 Å². The van der Waals surface area contributed by atoms with Gasteiger partial charge in [-0.2, -0.15) is 0 Å². The zero-order chi connectivity index (χ0) is 12.7. The van der Waals surface area contributed by atoms with Crippen LogP contribution in [-0.2, 0) is 9.59 Å². The zero-order valence-corrected chi connectivity index (χ0v) is 11.4. The number of carbonyl (C=O) groups is 2. The molecule has 0 radical (unpaired) electrons. The highest BCUT2D eigenvalue weighted by Crippen LogP contribution is 2.37. The Morgan fingerprint density at radius 1 is 1.35 bits per heavy atom. The molecule has 4 nitrogen and oxygen atoms in total. The third-order valence-corrected chi connectivity index (χ3v) is 4.74. The van der Waals surface area contributed by atoms with Crippen molar-refractivity contribution >= 4 is 24.5 Å². The summed E-state index contributed by atoms with van der Waals surface area (Å²) in [6, 6.07) is 0.418. The molecule has 0 bridgehead atoms. The maximum Gasteiger partial charge on any atom is 0.208 e. The van der Waals surface area contributed by atoms with Gasteiger partial charge in [0.25, 0.3) is 0 Å². The molecule has 0 aromatic heterocycles. The number of unbranched alkanes of at least 4 members (excludes halogenated alkanes) is 2. The molecular weight excluding hydrogens is 236 g/mol. The first-order chi connectivity index (χ1) is 8.19. The van der Waals surface area contributed by atoms with Crippen molar-refractivity contribution in [2.24, 2.45) is 0 Å². The largest absolute Gasteiger partial charge is 0.345 e. The first-order valence-corrected chi connectivity index (χ1v) is 7.08. The minimum Gasteiger partial charge on any atom is -0.345 e. The maximum absolute atomic E-state index is 10.6. The Hall–Kier alpha value is -0.550. The van der Waals surface area contributed by atoms with Crippen LogP contribution in [0.25, 0.3) is 0 Å². The topological polar surface area (TPSA) is 49.4 Å². The van der Waals surface area contributed by atoms with Crippen molar-refractivity contribution in [2.45, 2.75) is 48.8 Å². The Bertz CT molecular complexity index is 249. The number of hydrogen-bond acceptors (Lipinski definition) is 4. The van der Waals surface area contributed by atoms with Crippen molar-refractivity contribution in [3.05, 3.63) is 0 Å². The van der Waals surface area contributed by atoms with Gasteiger partial charge in [-0.1, -0.05) is 6.42 Å². The number of nitrogens with zero attached hydrogens (tertiary/aromatic N) is 1. The molecule has 0 saturated carbocycles. The summed E-state index contributed by atoms with van der Waals surface area (Å²) in [6.07, 6.45) is 6.79. The van der Waals surface area contributed by atoms with E-state index < -0.39 is 0 Å². The molecule has 1 heterocycles. The van der Waals surface area contributed by atoms with E-state index in [2.05, 4.69) is 24.3 Å². The lowest BCUT2D eigenvalue weighted by atomic mass is 10.1. The van der Waals surface area contributed by atoms with E-state index in [1.54, 1.807) is 0 Å². The molecule has 0 aliphatic carbocycles. The van der Waals surface area contributed by atoms with E-state index in [0.29, 0.717) is 17.7 Å². The normalized spacial score (nSPS) is 28.3. The quantitative estimate of drug-likeness (QED) is 0.526. The standard InChI is InChI=1S/C12H22N2O2S/c1-14(2)11-8-10(6-4-3-5-7-15)17-12(11)13-9-16/h7,9-12H,3-6,8H2,1-2H3,(H,13,16). The average Bonchev–Trinajstić information content (AvgIpc) is 2.68. The van der Waals surface area contributed by atoms with Gasteiger partial charge in [0.15, 0.2) is 0 Å². The van der Waals surface area contributed by atoms with Crippen LogP contribution in [0.1, 0.15) is 32.1 Å². The summed E-state index contributed by atoms with van der Waals surface area (Å²) in [5, 5.41) is 3.70. The summed E-state index contributed by atoms with van der Waals surface area (Å²) in [6.45, 7) is 0. The van der Waals surface area contributed by atoms with Crippen LogP contribution in [0.2, 0.25) is 0 Å². The monoisotopic (exact) mass is 258 g/mol. The van der Waals surface area contributed by atoms with E-state index in [1.807, 2.05) is 11.8 Å². The van der Waals surface area contributed by atoms with E-state index in [9.17, 15) is 9.59 Å². The molecule has 0 aromatic carbocycles. The highest BCUT2D eigenvalue weighted by molar-refractivity contribution is 8.00. The predicted octanol–water partition coefficient (Wildman–Crippen LogP) is 1.25. The molecule has 1 saturated heterocycles. The Labute approximate surface area is 108 Å². The second kappa shape index (κ2) is 7.71. The molecule has 1 aliphatic heterocycles. The fraction of sp³-hybridized carbons (Fsp3) is 0.833. The minimum atomic E-state index is 0.207. The number of nitrogens with one attached hydrogen (secondary N) is 1. The van der Waals surface area contributed by atoms with Crippen molar-refractivity contribution in [1.82, 2.24) is 10.2 Å². The summed E-state index contributed by atoms with van der Waals surface area (Å²) in [5.41, 5.74) is 0. The lowest BCUT2D eigenvalue weighted by Gasteiger charge is -2.24. The minimum absolute atomic E-state index is 0.207. The molecule has 1 aliphatic rings. The smallest absolute Gasteiger partial charge is 0.208 e. The number of likely N-dealkylation sites (N-methyl/N-ethyl adjacent to an activating group) is 1. The van der Waals surface area contributed by atoms with E-state index >= 15 is 0 Å². The molecule has 3 unspecified atom stereocenters. The summed E-state index contributed by atoms with van der Waals surface area (Å²) in [7, 11) is 4.11. The molecule has 98 valence electrons. The molecule has 1 N–H and O–H groups in total. The number of rotatable bonds is 8. The van der Waals surface area contributed by atoms with Gasteiger partial charge in [0.2, 0.25) is 6.41 Å². The summed E-state index contributed by atoms with van der Waals surface area (Å²) in [4.78, 5) is 23.0. The van der Waals surface area contributed by atoms with Crippen molar-refractivity contribution in [3.63, 3.8) is 0 Å². The van der Waals surface area contributed by atoms with Gasteiger partial charge in [-0.15, -0.1) is 11.8 Å². The van der Waals surface area contributed by atoms with Gasteiger partial charge in [-0.3, -0.25) is 4.79 Å². The first-order valence-electron chi connectivity index (χ1n) is 6.14. The van der Waals surface area contributed by atoms with Gasteiger partial charge in [0, 0.05) is 17.7 Å². The molecule has 1 fully saturated rings. The van der Waals surface area contributed by atoms with Crippen LogP contribution in [0.5, 0.6) is 0 Å². The second-order valence-electron chi connectivity index (χ2n) is 4.68. The Kier molecular flexibility index (Phi) is 6.58. The Morgan fingerprint density at radius 3 is 2.71 bits per heavy atom. The molecule has 17 heavy (non-hydrogen) atoms. The molecule has 0 aromatic rings. The first kappa shape index (κ1) is 14.5. The maximum atomic E-state index is 10.6. The fourth-order valence-corrected chi connectivity index (χ4v) is 3.93. The molecule has 0 spiro atoms. The van der Waals surface area contributed by atoms with E-state index in [0.717, 1.165) is 38.4 Å². The van der Waals surface area contributed by atoms with E-state index in [-0.39, 0.29) is 5.37 Å². The van der Waals surface area contributed by atoms with Gasteiger partial charge in [0.05, 0.1) is 5.37 Å². The fourth-order valence-electron chi connectivity index (χ4n) is 2.23. The van der Waals surface area contributed by atoms with Gasteiger partial charge >= 0.3 is 0 Å². The zero-order valence-electron chi connectivity index (χ0n) is 10.6. The Morgan fingerprint density at radius 2 is 2.12 bits per heavy atom. The number of carbonyl (C=O) groups excluding carboxylic acids is 2. The highest BCUT2D eigenvalue weighted by Gasteiger charge is 2.35. The summed E-state index contributed by atoms with van der Waals surface area (Å²) in [5.74, 6) is 0. The van der Waals surface area contributed by atoms with Crippen LogP contribution in [-0.4, -0.2) is 48.4 Å². The van der Waals surface area contributed by atoms with E-state index in [1.165, 1.54) is 0 Å². The summed E-state index contributed by atoms with van der Waals surface area (Å²) >= 11 is 1.86. The van der Waals surface area contributed by atoms with Crippen LogP contribution in [0, 0.1) is 0 Å². The van der Waals surface area contributed by atoms with Crippen LogP contribution in [0.3, 0.4) is 0 Å². The Balaban J connectivity index is 2.34. The second-order valence-corrected chi connectivity index (χ2v) is 6.13. The van der Waals surface area contributed by atoms with Crippen molar-refractivity contribution in [2.75, 3.05) is 14.1 Å². The lowest BCUT2D eigenvalue weighted by molar-refractivity contribution is -0.110. The number of hydrogen-bond donors (Lipinski definition) is 1. The van der Waals surface area contributed by atoms with Crippen LogP contribution in [0.15, 0.2) is 0 Å². The predicted molar refractivity (Wildman–Crippen MR) is 71.0 cm³/mol. The van der Waals surface area contributed by atoms with Gasteiger partial charge in [-0.05, 0) is 33.4 Å². The number of thioether (sulfide) groups is 1. The van der Waals surface area contributed by atoms with Crippen molar-refractivity contribution < 1.29 is 9.59 Å². The molecular formula is C12H22N2O2S. The average molecular weight is 258 g/mol. The molecule has 3 atom stereocenters.